The first-order valence-corrected chi connectivity index (χ1v) is 4.89. The molecule has 0 aromatic heterocycles. The van der Waals surface area contributed by atoms with Crippen LogP contribution < -0.4 is 10.5 Å². The summed E-state index contributed by atoms with van der Waals surface area (Å²) in [6, 6.07) is 5.50. The lowest BCUT2D eigenvalue weighted by atomic mass is 9.87. The molecule has 1 aromatic rings. The molecule has 0 atom stereocenters. The number of hydrogen-bond acceptors (Lipinski definition) is 3. The fourth-order valence-corrected chi connectivity index (χ4v) is 1.26. The zero-order valence-corrected chi connectivity index (χ0v) is 9.63. The molecule has 0 fully saturated rings. The molecule has 0 aliphatic rings. The van der Waals surface area contributed by atoms with Gasteiger partial charge in [-0.2, -0.15) is 0 Å². The highest BCUT2D eigenvalue weighted by Crippen LogP contribution is 2.29. The standard InChI is InChI=1S/C12H17NO2/c1-8(14)15-11-6-5-9(7-10(11)13)12(2,3)4/h5-7H,13H2,1-4H3. The van der Waals surface area contributed by atoms with Crippen LogP contribution in [0.15, 0.2) is 18.2 Å². The molecular formula is C12H17NO2. The topological polar surface area (TPSA) is 52.3 Å². The number of nitrogens with two attached hydrogens (primary N) is 1. The molecule has 0 aliphatic carbocycles. The highest BCUT2D eigenvalue weighted by molar-refractivity contribution is 5.72. The maximum atomic E-state index is 10.8. The van der Waals surface area contributed by atoms with Crippen LogP contribution in [0, 0.1) is 0 Å². The number of benzene rings is 1. The van der Waals surface area contributed by atoms with E-state index in [1.807, 2.05) is 12.1 Å². The van der Waals surface area contributed by atoms with Crippen LogP contribution in [-0.4, -0.2) is 5.97 Å². The van der Waals surface area contributed by atoms with Gasteiger partial charge < -0.3 is 10.5 Å². The van der Waals surface area contributed by atoms with E-state index in [-0.39, 0.29) is 11.4 Å². The minimum atomic E-state index is -0.356. The molecule has 0 heterocycles. The van der Waals surface area contributed by atoms with E-state index < -0.39 is 0 Å². The smallest absolute Gasteiger partial charge is 0.308 e. The van der Waals surface area contributed by atoms with Crippen molar-refractivity contribution in [2.24, 2.45) is 0 Å². The molecule has 3 heteroatoms. The molecule has 1 aromatic carbocycles. The number of hydrogen-bond donors (Lipinski definition) is 1. The lowest BCUT2D eigenvalue weighted by molar-refractivity contribution is -0.131. The fourth-order valence-electron chi connectivity index (χ4n) is 1.26. The number of carbonyl (C=O) groups is 1. The van der Waals surface area contributed by atoms with E-state index in [9.17, 15) is 4.79 Å². The van der Waals surface area contributed by atoms with Gasteiger partial charge in [-0.15, -0.1) is 0 Å². The van der Waals surface area contributed by atoms with Crippen LogP contribution in [0.3, 0.4) is 0 Å². The second kappa shape index (κ2) is 3.93. The first-order valence-electron chi connectivity index (χ1n) is 4.89. The monoisotopic (exact) mass is 207 g/mol. The van der Waals surface area contributed by atoms with Crippen molar-refractivity contribution in [3.63, 3.8) is 0 Å². The number of anilines is 1. The Kier molecular flexibility index (Phi) is 3.03. The third kappa shape index (κ3) is 2.98. The number of nitrogen functional groups attached to an aromatic ring is 1. The van der Waals surface area contributed by atoms with Crippen molar-refractivity contribution in [2.75, 3.05) is 5.73 Å². The van der Waals surface area contributed by atoms with E-state index in [2.05, 4.69) is 20.8 Å². The first kappa shape index (κ1) is 11.6. The largest absolute Gasteiger partial charge is 0.425 e. The molecule has 0 saturated carbocycles. The van der Waals surface area contributed by atoms with Crippen molar-refractivity contribution < 1.29 is 9.53 Å². The Bertz CT molecular complexity index is 378. The van der Waals surface area contributed by atoms with Crippen LogP contribution in [-0.2, 0) is 10.2 Å². The van der Waals surface area contributed by atoms with E-state index >= 15 is 0 Å². The predicted molar refractivity (Wildman–Crippen MR) is 60.9 cm³/mol. The van der Waals surface area contributed by atoms with Crippen LogP contribution in [0.1, 0.15) is 33.3 Å². The van der Waals surface area contributed by atoms with Crippen molar-refractivity contribution in [2.45, 2.75) is 33.1 Å². The first-order chi connectivity index (χ1) is 6.80. The number of rotatable bonds is 1. The SMILES string of the molecule is CC(=O)Oc1ccc(C(C)(C)C)cc1N. The number of carbonyl (C=O) groups excluding carboxylic acids is 1. The van der Waals surface area contributed by atoms with E-state index in [0.29, 0.717) is 11.4 Å². The molecule has 0 unspecified atom stereocenters. The molecule has 0 saturated heterocycles. The molecule has 3 nitrogen and oxygen atoms in total. The van der Waals surface area contributed by atoms with Gasteiger partial charge in [0, 0.05) is 6.92 Å². The van der Waals surface area contributed by atoms with Crippen LogP contribution in [0.5, 0.6) is 5.75 Å². The maximum Gasteiger partial charge on any atom is 0.308 e. The molecule has 15 heavy (non-hydrogen) atoms. The predicted octanol–water partition coefficient (Wildman–Crippen LogP) is 2.49. The molecule has 0 amide bonds. The van der Waals surface area contributed by atoms with E-state index in [4.69, 9.17) is 10.5 Å². The van der Waals surface area contributed by atoms with E-state index in [0.717, 1.165) is 5.56 Å². The molecule has 0 radical (unpaired) electrons. The third-order valence-electron chi connectivity index (χ3n) is 2.13. The zero-order valence-electron chi connectivity index (χ0n) is 9.63. The van der Waals surface area contributed by atoms with Gasteiger partial charge in [0.25, 0.3) is 0 Å². The van der Waals surface area contributed by atoms with Gasteiger partial charge in [0.05, 0.1) is 5.69 Å². The summed E-state index contributed by atoms with van der Waals surface area (Å²) in [6.07, 6.45) is 0. The fraction of sp³-hybridized carbons (Fsp3) is 0.417. The van der Waals surface area contributed by atoms with Crippen LogP contribution in [0.4, 0.5) is 5.69 Å². The summed E-state index contributed by atoms with van der Waals surface area (Å²) >= 11 is 0. The summed E-state index contributed by atoms with van der Waals surface area (Å²) in [7, 11) is 0. The van der Waals surface area contributed by atoms with Crippen molar-refractivity contribution in [1.29, 1.82) is 0 Å². The van der Waals surface area contributed by atoms with Crippen molar-refractivity contribution in [3.8, 4) is 5.75 Å². The summed E-state index contributed by atoms with van der Waals surface area (Å²) < 4.78 is 4.95. The van der Waals surface area contributed by atoms with Gasteiger partial charge >= 0.3 is 5.97 Å². The average molecular weight is 207 g/mol. The second-order valence-electron chi connectivity index (χ2n) is 4.60. The van der Waals surface area contributed by atoms with Crippen LogP contribution in [0.2, 0.25) is 0 Å². The Balaban J connectivity index is 3.03. The van der Waals surface area contributed by atoms with Crippen molar-refractivity contribution in [1.82, 2.24) is 0 Å². The summed E-state index contributed by atoms with van der Waals surface area (Å²) in [5.41, 5.74) is 7.45. The number of ether oxygens (including phenoxy) is 1. The van der Waals surface area contributed by atoms with Gasteiger partial charge in [-0.05, 0) is 23.1 Å². The van der Waals surface area contributed by atoms with Crippen molar-refractivity contribution in [3.05, 3.63) is 23.8 Å². The van der Waals surface area contributed by atoms with Crippen LogP contribution >= 0.6 is 0 Å². The minimum Gasteiger partial charge on any atom is -0.425 e. The Morgan fingerprint density at radius 1 is 1.33 bits per heavy atom. The average Bonchev–Trinajstić information content (AvgIpc) is 2.05. The molecule has 0 spiro atoms. The Morgan fingerprint density at radius 3 is 2.33 bits per heavy atom. The molecule has 0 aliphatic heterocycles. The van der Waals surface area contributed by atoms with Crippen molar-refractivity contribution >= 4 is 11.7 Å². The molecule has 2 N–H and O–H groups in total. The Morgan fingerprint density at radius 2 is 1.93 bits per heavy atom. The summed E-state index contributed by atoms with van der Waals surface area (Å²) in [5, 5.41) is 0. The minimum absolute atomic E-state index is 0.0445. The van der Waals surface area contributed by atoms with Gasteiger partial charge in [-0.1, -0.05) is 26.8 Å². The molecule has 82 valence electrons. The lowest BCUT2D eigenvalue weighted by Crippen LogP contribution is -2.12. The van der Waals surface area contributed by atoms with Crippen LogP contribution in [0.25, 0.3) is 0 Å². The zero-order chi connectivity index (χ0) is 11.6. The highest BCUT2D eigenvalue weighted by Gasteiger charge is 2.15. The molecule has 1 rings (SSSR count). The van der Waals surface area contributed by atoms with E-state index in [1.54, 1.807) is 6.07 Å². The lowest BCUT2D eigenvalue weighted by Gasteiger charge is -2.20. The maximum absolute atomic E-state index is 10.8. The van der Waals surface area contributed by atoms with Gasteiger partial charge in [0.1, 0.15) is 0 Å². The second-order valence-corrected chi connectivity index (χ2v) is 4.60. The quantitative estimate of drug-likeness (QED) is 0.437. The van der Waals surface area contributed by atoms with Gasteiger partial charge in [-0.25, -0.2) is 0 Å². The molecular weight excluding hydrogens is 190 g/mol. The van der Waals surface area contributed by atoms with Gasteiger partial charge in [-0.3, -0.25) is 4.79 Å². The highest BCUT2D eigenvalue weighted by atomic mass is 16.5. The third-order valence-corrected chi connectivity index (χ3v) is 2.13. The number of esters is 1. The molecule has 0 bridgehead atoms. The van der Waals surface area contributed by atoms with Gasteiger partial charge in [0.2, 0.25) is 0 Å². The Labute approximate surface area is 90.2 Å². The normalized spacial score (nSPS) is 11.2. The van der Waals surface area contributed by atoms with E-state index in [1.165, 1.54) is 6.92 Å². The Hall–Kier alpha value is -1.51. The van der Waals surface area contributed by atoms with Gasteiger partial charge in [0.15, 0.2) is 5.75 Å². The summed E-state index contributed by atoms with van der Waals surface area (Å²) in [4.78, 5) is 10.8. The summed E-state index contributed by atoms with van der Waals surface area (Å²) in [5.74, 6) is 0.0701. The summed E-state index contributed by atoms with van der Waals surface area (Å²) in [6.45, 7) is 7.67.